The summed E-state index contributed by atoms with van der Waals surface area (Å²) >= 11 is 0. The van der Waals surface area contributed by atoms with Crippen molar-refractivity contribution in [3.05, 3.63) is 23.8 Å². The summed E-state index contributed by atoms with van der Waals surface area (Å²) in [6, 6.07) is 5.05. The van der Waals surface area contributed by atoms with Crippen molar-refractivity contribution in [2.24, 2.45) is 5.73 Å². The number of carbonyl (C=O) groups is 1. The highest BCUT2D eigenvalue weighted by Gasteiger charge is 2.06. The maximum Gasteiger partial charge on any atom is 0.250 e. The van der Waals surface area contributed by atoms with E-state index in [4.69, 9.17) is 11.5 Å². The molecule has 5 heteroatoms. The summed E-state index contributed by atoms with van der Waals surface area (Å²) in [4.78, 5) is 11.0. The molecule has 0 saturated carbocycles. The van der Waals surface area contributed by atoms with Crippen LogP contribution in [0.5, 0.6) is 0 Å². The summed E-state index contributed by atoms with van der Waals surface area (Å²) < 4.78 is 0. The molecule has 0 heterocycles. The summed E-state index contributed by atoms with van der Waals surface area (Å²) in [7, 11) is 3.70. The lowest BCUT2D eigenvalue weighted by Gasteiger charge is -2.14. The number of anilines is 2. The first-order valence-electron chi connectivity index (χ1n) is 4.14. The number of carbonyl (C=O) groups excluding carboxylic acids is 1. The van der Waals surface area contributed by atoms with Gasteiger partial charge in [-0.1, -0.05) is 0 Å². The molecule has 0 bridgehead atoms. The van der Waals surface area contributed by atoms with Crippen LogP contribution in [0.1, 0.15) is 10.4 Å². The van der Waals surface area contributed by atoms with Crippen LogP contribution >= 0.6 is 0 Å². The number of rotatable bonds is 3. The lowest BCUT2D eigenvalue weighted by atomic mass is 10.1. The molecular formula is C9H14N4O. The van der Waals surface area contributed by atoms with E-state index in [0.29, 0.717) is 11.3 Å². The monoisotopic (exact) mass is 194 g/mol. The van der Waals surface area contributed by atoms with E-state index in [2.05, 4.69) is 5.43 Å². The second-order valence-corrected chi connectivity index (χ2v) is 3.17. The maximum absolute atomic E-state index is 11.0. The van der Waals surface area contributed by atoms with Crippen LogP contribution in [-0.2, 0) is 0 Å². The molecule has 0 aromatic heterocycles. The fourth-order valence-corrected chi connectivity index (χ4v) is 1.10. The number of nitrogen functional groups attached to an aromatic ring is 1. The number of nitrogens with two attached hydrogens (primary N) is 2. The molecule has 0 saturated heterocycles. The van der Waals surface area contributed by atoms with E-state index in [-0.39, 0.29) is 0 Å². The van der Waals surface area contributed by atoms with Gasteiger partial charge in [0.2, 0.25) is 0 Å². The molecule has 1 aromatic rings. The van der Waals surface area contributed by atoms with Crippen molar-refractivity contribution in [1.29, 1.82) is 0 Å². The lowest BCUT2D eigenvalue weighted by molar-refractivity contribution is 0.100. The van der Waals surface area contributed by atoms with E-state index >= 15 is 0 Å². The topological polar surface area (TPSA) is 84.4 Å². The Labute approximate surface area is 82.6 Å². The molecule has 1 aromatic carbocycles. The first-order chi connectivity index (χ1) is 6.50. The zero-order valence-corrected chi connectivity index (χ0v) is 8.24. The van der Waals surface area contributed by atoms with Gasteiger partial charge in [0.1, 0.15) is 0 Å². The highest BCUT2D eigenvalue weighted by atomic mass is 16.1. The van der Waals surface area contributed by atoms with Crippen molar-refractivity contribution in [3.63, 3.8) is 0 Å². The SMILES string of the molecule is CN(C)Nc1ccc(N)c(C(N)=O)c1. The number of benzene rings is 1. The van der Waals surface area contributed by atoms with Crippen LogP contribution < -0.4 is 16.9 Å². The van der Waals surface area contributed by atoms with Gasteiger partial charge >= 0.3 is 0 Å². The van der Waals surface area contributed by atoms with Crippen LogP contribution in [-0.4, -0.2) is 25.0 Å². The summed E-state index contributed by atoms with van der Waals surface area (Å²) in [5, 5.41) is 1.76. The molecule has 0 aliphatic carbocycles. The van der Waals surface area contributed by atoms with Crippen molar-refractivity contribution >= 4 is 17.3 Å². The van der Waals surface area contributed by atoms with Gasteiger partial charge in [0.15, 0.2) is 0 Å². The third-order valence-electron chi connectivity index (χ3n) is 1.67. The van der Waals surface area contributed by atoms with Gasteiger partial charge in [0.05, 0.1) is 5.56 Å². The summed E-state index contributed by atoms with van der Waals surface area (Å²) in [6.45, 7) is 0. The van der Waals surface area contributed by atoms with Gasteiger partial charge in [-0.25, -0.2) is 5.01 Å². The van der Waals surface area contributed by atoms with Crippen LogP contribution in [0.4, 0.5) is 11.4 Å². The van der Waals surface area contributed by atoms with Crippen LogP contribution in [0.3, 0.4) is 0 Å². The van der Waals surface area contributed by atoms with Gasteiger partial charge in [-0.15, -0.1) is 0 Å². The molecule has 0 spiro atoms. The number of hydrazine groups is 1. The standard InChI is InChI=1S/C9H14N4O/c1-13(2)12-6-3-4-8(10)7(5-6)9(11)14/h3-5,12H,10H2,1-2H3,(H2,11,14). The normalized spacial score (nSPS) is 10.2. The lowest BCUT2D eigenvalue weighted by Crippen LogP contribution is -2.20. The second-order valence-electron chi connectivity index (χ2n) is 3.17. The molecule has 1 rings (SSSR count). The van der Waals surface area contributed by atoms with E-state index in [9.17, 15) is 4.79 Å². The van der Waals surface area contributed by atoms with E-state index in [0.717, 1.165) is 5.69 Å². The summed E-state index contributed by atoms with van der Waals surface area (Å²) in [6.07, 6.45) is 0. The highest BCUT2D eigenvalue weighted by Crippen LogP contribution is 2.17. The maximum atomic E-state index is 11.0. The number of primary amides is 1. The Balaban J connectivity index is 3.00. The third-order valence-corrected chi connectivity index (χ3v) is 1.67. The molecule has 0 aliphatic rings. The molecule has 76 valence electrons. The van der Waals surface area contributed by atoms with Gasteiger partial charge in [0, 0.05) is 25.5 Å². The average Bonchev–Trinajstić information content (AvgIpc) is 2.07. The molecule has 0 fully saturated rings. The highest BCUT2D eigenvalue weighted by molar-refractivity contribution is 5.98. The van der Waals surface area contributed by atoms with Crippen molar-refractivity contribution in [2.45, 2.75) is 0 Å². The summed E-state index contributed by atoms with van der Waals surface area (Å²) in [5.41, 5.74) is 15.2. The summed E-state index contributed by atoms with van der Waals surface area (Å²) in [5.74, 6) is -0.523. The number of nitrogens with one attached hydrogen (secondary N) is 1. The van der Waals surface area contributed by atoms with Crippen LogP contribution in [0.2, 0.25) is 0 Å². The predicted molar refractivity (Wildman–Crippen MR) is 56.7 cm³/mol. The number of amides is 1. The average molecular weight is 194 g/mol. The predicted octanol–water partition coefficient (Wildman–Crippen LogP) is 0.256. The Kier molecular flexibility index (Phi) is 2.93. The van der Waals surface area contributed by atoms with Crippen LogP contribution in [0.15, 0.2) is 18.2 Å². The molecule has 0 aliphatic heterocycles. The fourth-order valence-electron chi connectivity index (χ4n) is 1.10. The molecule has 14 heavy (non-hydrogen) atoms. The van der Waals surface area contributed by atoms with E-state index in [1.165, 1.54) is 0 Å². The first-order valence-corrected chi connectivity index (χ1v) is 4.14. The third kappa shape index (κ3) is 2.37. The smallest absolute Gasteiger partial charge is 0.250 e. The fraction of sp³-hybridized carbons (Fsp3) is 0.222. The molecule has 0 unspecified atom stereocenters. The Morgan fingerprint density at radius 2 is 2.07 bits per heavy atom. The molecule has 1 amide bonds. The first kappa shape index (κ1) is 10.3. The van der Waals surface area contributed by atoms with Crippen molar-refractivity contribution in [1.82, 2.24) is 5.01 Å². The van der Waals surface area contributed by atoms with Gasteiger partial charge in [-0.2, -0.15) is 0 Å². The van der Waals surface area contributed by atoms with Gasteiger partial charge in [-0.3, -0.25) is 4.79 Å². The van der Waals surface area contributed by atoms with Crippen molar-refractivity contribution in [2.75, 3.05) is 25.3 Å². The number of nitrogens with zero attached hydrogens (tertiary/aromatic N) is 1. The van der Waals surface area contributed by atoms with E-state index in [1.807, 2.05) is 14.1 Å². The Morgan fingerprint density at radius 3 is 2.57 bits per heavy atom. The zero-order chi connectivity index (χ0) is 10.7. The molecule has 0 atom stereocenters. The molecule has 5 N–H and O–H groups in total. The Bertz CT molecular complexity index is 349. The van der Waals surface area contributed by atoms with Crippen LogP contribution in [0, 0.1) is 0 Å². The zero-order valence-electron chi connectivity index (χ0n) is 8.24. The number of hydrogen-bond acceptors (Lipinski definition) is 4. The van der Waals surface area contributed by atoms with Crippen molar-refractivity contribution in [3.8, 4) is 0 Å². The number of hydrogen-bond donors (Lipinski definition) is 3. The van der Waals surface area contributed by atoms with Gasteiger partial charge < -0.3 is 16.9 Å². The molecular weight excluding hydrogens is 180 g/mol. The molecule has 5 nitrogen and oxygen atoms in total. The van der Waals surface area contributed by atoms with Crippen LogP contribution in [0.25, 0.3) is 0 Å². The minimum Gasteiger partial charge on any atom is -0.398 e. The minimum atomic E-state index is -0.523. The Morgan fingerprint density at radius 1 is 1.43 bits per heavy atom. The quantitative estimate of drug-likeness (QED) is 0.476. The van der Waals surface area contributed by atoms with E-state index in [1.54, 1.807) is 23.2 Å². The second kappa shape index (κ2) is 3.97. The van der Waals surface area contributed by atoms with Gasteiger partial charge in [-0.05, 0) is 18.2 Å². The minimum absolute atomic E-state index is 0.330. The molecule has 0 radical (unpaired) electrons. The van der Waals surface area contributed by atoms with Crippen molar-refractivity contribution < 1.29 is 4.79 Å². The van der Waals surface area contributed by atoms with Gasteiger partial charge in [0.25, 0.3) is 5.91 Å². The Hall–Kier alpha value is -1.75. The largest absolute Gasteiger partial charge is 0.398 e. The van der Waals surface area contributed by atoms with E-state index < -0.39 is 5.91 Å².